The fourth-order valence-electron chi connectivity index (χ4n) is 10.2. The third-order valence-electron chi connectivity index (χ3n) is 13.4. The van der Waals surface area contributed by atoms with E-state index in [0.717, 1.165) is 51.4 Å². The highest BCUT2D eigenvalue weighted by molar-refractivity contribution is 6.00. The molecule has 13 nitrogen and oxygen atoms in total. The minimum atomic E-state index is -1.63. The van der Waals surface area contributed by atoms with Gasteiger partial charge in [-0.1, -0.05) is 31.6 Å². The van der Waals surface area contributed by atoms with Crippen molar-refractivity contribution in [2.75, 3.05) is 11.9 Å². The highest BCUT2D eigenvalue weighted by Gasteiger charge is 2.54. The minimum Gasteiger partial charge on any atom is -0.461 e. The summed E-state index contributed by atoms with van der Waals surface area (Å²) >= 11 is 0. The van der Waals surface area contributed by atoms with E-state index in [2.05, 4.69) is 26.2 Å². The molecule has 2 saturated heterocycles. The van der Waals surface area contributed by atoms with Gasteiger partial charge in [-0.25, -0.2) is 4.98 Å². The number of anilines is 1. The van der Waals surface area contributed by atoms with Crippen molar-refractivity contribution in [3.8, 4) is 12.3 Å². The summed E-state index contributed by atoms with van der Waals surface area (Å²) in [5, 5.41) is 2.51. The van der Waals surface area contributed by atoms with Gasteiger partial charge in [0, 0.05) is 19.3 Å². The molecule has 2 spiro atoms. The molecular weight excluding hydrogens is 685 g/mol. The van der Waals surface area contributed by atoms with Crippen molar-refractivity contribution in [3.05, 3.63) is 12.4 Å². The molecule has 4 saturated carbocycles. The average molecular weight is 734 g/mol. The van der Waals surface area contributed by atoms with E-state index >= 15 is 0 Å². The molecule has 2 aliphatic heterocycles. The fraction of sp³-hybridized carbons (Fsp3) is 0.718. The third kappa shape index (κ3) is 7.01. The molecule has 14 heteroatoms. The zero-order valence-electron chi connectivity index (χ0n) is 30.1. The van der Waals surface area contributed by atoms with Crippen molar-refractivity contribution >= 4 is 40.8 Å². The minimum absolute atomic E-state index is 0.00620. The van der Waals surface area contributed by atoms with E-state index in [4.69, 9.17) is 25.4 Å². The molecule has 8 rings (SSSR count). The zero-order valence-corrected chi connectivity index (χ0v) is 30.1. The first-order chi connectivity index (χ1) is 25.6. The molecule has 4 atom stereocenters. The monoisotopic (exact) mass is 733 g/mol. The summed E-state index contributed by atoms with van der Waals surface area (Å²) in [5.41, 5.74) is -0.883. The van der Waals surface area contributed by atoms with E-state index in [1.807, 2.05) is 0 Å². The number of rotatable bonds is 8. The largest absolute Gasteiger partial charge is 0.461 e. The van der Waals surface area contributed by atoms with Crippen LogP contribution in [-0.2, 0) is 38.1 Å². The van der Waals surface area contributed by atoms with Gasteiger partial charge in [0.05, 0.1) is 18.2 Å². The van der Waals surface area contributed by atoms with Gasteiger partial charge in [-0.05, 0) is 87.9 Å². The van der Waals surface area contributed by atoms with Crippen LogP contribution in [0.25, 0.3) is 11.2 Å². The second kappa shape index (κ2) is 14.3. The molecule has 1 amide bonds. The van der Waals surface area contributed by atoms with Gasteiger partial charge in [-0.2, -0.15) is 14.4 Å². The number of aromatic nitrogens is 4. The number of carbonyl (C=O) groups excluding carboxylic acids is 4. The van der Waals surface area contributed by atoms with Crippen LogP contribution < -0.4 is 5.32 Å². The first-order valence-electron chi connectivity index (χ1n) is 19.5. The number of imidazole rings is 1. The molecule has 0 bridgehead atoms. The zero-order chi connectivity index (χ0) is 36.8. The maximum absolute atomic E-state index is 14.9. The van der Waals surface area contributed by atoms with Crippen molar-refractivity contribution in [1.82, 2.24) is 19.5 Å². The molecule has 4 heterocycles. The first-order valence-corrected chi connectivity index (χ1v) is 19.5. The van der Waals surface area contributed by atoms with Gasteiger partial charge in [0.2, 0.25) is 5.60 Å². The number of cyclic esters (lactones) is 1. The van der Waals surface area contributed by atoms with Crippen LogP contribution in [0.3, 0.4) is 0 Å². The van der Waals surface area contributed by atoms with Crippen molar-refractivity contribution in [3.63, 3.8) is 0 Å². The second-order valence-corrected chi connectivity index (χ2v) is 16.5. The topological polar surface area (TPSA) is 161 Å². The molecule has 0 aromatic carbocycles. The number of nitrogens with one attached hydrogen (secondary N) is 1. The molecule has 4 aliphatic carbocycles. The number of nitrogens with zero attached hydrogens (tertiary/aromatic N) is 4. The number of halogens is 1. The van der Waals surface area contributed by atoms with Gasteiger partial charge in [0.25, 0.3) is 5.91 Å². The Hall–Kier alpha value is -4.12. The van der Waals surface area contributed by atoms with Gasteiger partial charge in [-0.3, -0.25) is 23.7 Å². The Morgan fingerprint density at radius 1 is 0.925 bits per heavy atom. The molecule has 2 aromatic rings. The van der Waals surface area contributed by atoms with Crippen molar-refractivity contribution in [2.24, 2.45) is 22.7 Å². The van der Waals surface area contributed by atoms with Crippen LogP contribution in [0.15, 0.2) is 6.33 Å². The van der Waals surface area contributed by atoms with E-state index in [1.54, 1.807) is 0 Å². The molecule has 2 aromatic heterocycles. The van der Waals surface area contributed by atoms with Crippen LogP contribution in [0.1, 0.15) is 128 Å². The van der Waals surface area contributed by atoms with Crippen molar-refractivity contribution < 1.29 is 42.5 Å². The standard InChI is InChI=1S/C39H48FN5O8/c1-2-39(22-50-34(48)24-9-17-37(18-10-24)13-3-4-14-37)27(52-35(49)25-11-19-38(20-12-25)15-5-6-16-38)21-28(53-39)45-23-41-30-31(43-36(40)44-32(30)45)42-33(47)26-7-8-29(46)51-26/h1,23-28H,3-22H2,(H,42,43,44,47)/t26-,27+,28-,39-/m1/s1. The Morgan fingerprint density at radius 2 is 1.55 bits per heavy atom. The third-order valence-corrected chi connectivity index (χ3v) is 13.4. The number of carbonyl (C=O) groups is 4. The van der Waals surface area contributed by atoms with E-state index in [0.29, 0.717) is 10.8 Å². The molecule has 284 valence electrons. The first kappa shape index (κ1) is 35.9. The van der Waals surface area contributed by atoms with E-state index in [-0.39, 0.29) is 66.6 Å². The lowest BCUT2D eigenvalue weighted by atomic mass is 9.69. The predicted octanol–water partition coefficient (Wildman–Crippen LogP) is 5.86. The van der Waals surface area contributed by atoms with Gasteiger partial charge in [0.1, 0.15) is 18.9 Å². The van der Waals surface area contributed by atoms with Crippen LogP contribution in [-0.4, -0.2) is 67.7 Å². The molecular formula is C39H48FN5O8. The van der Waals surface area contributed by atoms with Crippen LogP contribution in [0.4, 0.5) is 10.2 Å². The molecule has 6 aliphatic rings. The quantitative estimate of drug-likeness (QED) is 0.150. The summed E-state index contributed by atoms with van der Waals surface area (Å²) in [4.78, 5) is 63.7. The SMILES string of the molecule is C#C[C@]1(COC(=O)C2CCC3(CCCC3)CC2)O[C@@H](n2cnc3c(NC(=O)[C@H]4CCC(=O)O4)nc(F)nc32)C[C@@H]1OC(=O)C1CCC2(CCCC2)CC1. The van der Waals surface area contributed by atoms with Gasteiger partial charge >= 0.3 is 24.0 Å². The Balaban J connectivity index is 1.01. The highest BCUT2D eigenvalue weighted by atomic mass is 19.1. The Labute approximate surface area is 307 Å². The highest BCUT2D eigenvalue weighted by Crippen LogP contribution is 2.52. The van der Waals surface area contributed by atoms with Crippen molar-refractivity contribution in [1.29, 1.82) is 0 Å². The fourth-order valence-corrected chi connectivity index (χ4v) is 10.2. The maximum Gasteiger partial charge on any atom is 0.312 e. The number of hydrogen-bond acceptors (Lipinski definition) is 11. The van der Waals surface area contributed by atoms with Crippen molar-refractivity contribution in [2.45, 2.75) is 146 Å². The van der Waals surface area contributed by atoms with Crippen LogP contribution in [0.5, 0.6) is 0 Å². The lowest BCUT2D eigenvalue weighted by Crippen LogP contribution is -2.47. The number of esters is 3. The lowest BCUT2D eigenvalue weighted by Gasteiger charge is -2.37. The molecule has 0 radical (unpaired) electrons. The molecule has 0 unspecified atom stereocenters. The van der Waals surface area contributed by atoms with Crippen LogP contribution in [0, 0.1) is 41.1 Å². The van der Waals surface area contributed by atoms with Crippen LogP contribution in [0.2, 0.25) is 0 Å². The average Bonchev–Trinajstić information content (AvgIpc) is 4.01. The number of amides is 1. The molecule has 1 N–H and O–H groups in total. The predicted molar refractivity (Wildman–Crippen MR) is 186 cm³/mol. The summed E-state index contributed by atoms with van der Waals surface area (Å²) in [5.74, 6) is 0.107. The number of terminal acetylenes is 1. The summed E-state index contributed by atoms with van der Waals surface area (Å²) in [7, 11) is 0. The van der Waals surface area contributed by atoms with Crippen LogP contribution >= 0.6 is 0 Å². The second-order valence-electron chi connectivity index (χ2n) is 16.5. The number of ether oxygens (including phenoxy) is 4. The summed E-state index contributed by atoms with van der Waals surface area (Å²) < 4.78 is 40.0. The maximum atomic E-state index is 14.9. The summed E-state index contributed by atoms with van der Waals surface area (Å²) in [6.07, 6.45) is 20.6. The van der Waals surface area contributed by atoms with E-state index in [9.17, 15) is 23.6 Å². The molecule has 53 heavy (non-hydrogen) atoms. The lowest BCUT2D eigenvalue weighted by molar-refractivity contribution is -0.173. The van der Waals surface area contributed by atoms with E-state index in [1.165, 1.54) is 62.3 Å². The Kier molecular flexibility index (Phi) is 9.66. The summed E-state index contributed by atoms with van der Waals surface area (Å²) in [6.45, 7) is -0.330. The smallest absolute Gasteiger partial charge is 0.312 e. The van der Waals surface area contributed by atoms with E-state index < -0.39 is 42.0 Å². The number of hydrogen-bond donors (Lipinski definition) is 1. The van der Waals surface area contributed by atoms with Gasteiger partial charge < -0.3 is 24.3 Å². The Bertz CT molecular complexity index is 1790. The normalized spacial score (nSPS) is 30.8. The summed E-state index contributed by atoms with van der Waals surface area (Å²) in [6, 6.07) is 0. The molecule has 6 fully saturated rings. The van der Waals surface area contributed by atoms with Gasteiger partial charge in [0.15, 0.2) is 23.1 Å². The Morgan fingerprint density at radius 3 is 2.13 bits per heavy atom. The van der Waals surface area contributed by atoms with Gasteiger partial charge in [-0.15, -0.1) is 6.42 Å². The number of fused-ring (bicyclic) bond motifs is 1.